The first-order valence-corrected chi connectivity index (χ1v) is 8.65. The van der Waals surface area contributed by atoms with Gasteiger partial charge in [0, 0.05) is 17.1 Å². The van der Waals surface area contributed by atoms with E-state index in [-0.39, 0.29) is 87.8 Å². The Hall–Kier alpha value is -0.758. The fourth-order valence-electron chi connectivity index (χ4n) is 3.12. The Balaban J connectivity index is 0.000000507. The van der Waals surface area contributed by atoms with E-state index >= 15 is 0 Å². The van der Waals surface area contributed by atoms with Crippen molar-refractivity contribution in [2.24, 2.45) is 5.73 Å². The number of benzene rings is 1. The zero-order chi connectivity index (χ0) is 19.3. The van der Waals surface area contributed by atoms with Gasteiger partial charge in [0.25, 0.3) is 11.8 Å². The molecule has 1 aromatic heterocycles. The van der Waals surface area contributed by atoms with Crippen LogP contribution in [0.25, 0.3) is 10.9 Å². The summed E-state index contributed by atoms with van der Waals surface area (Å²) >= 11 is 0. The van der Waals surface area contributed by atoms with Crippen LogP contribution < -0.4 is 79.9 Å². The molecule has 146 valence electrons. The van der Waals surface area contributed by atoms with Crippen molar-refractivity contribution in [3.63, 3.8) is 0 Å². The average Bonchev–Trinajstić information content (AvgIpc) is 3.17. The Morgan fingerprint density at radius 1 is 1.25 bits per heavy atom. The molecule has 0 bridgehead atoms. The third-order valence-corrected chi connectivity index (χ3v) is 4.58. The van der Waals surface area contributed by atoms with Crippen molar-refractivity contribution in [1.82, 2.24) is 10.3 Å². The molecule has 0 radical (unpaired) electrons. The van der Waals surface area contributed by atoms with Gasteiger partial charge in [0.2, 0.25) is 0 Å². The van der Waals surface area contributed by atoms with Gasteiger partial charge in [0.1, 0.15) is 5.82 Å². The topological polar surface area (TPSA) is 88.0 Å². The molecule has 1 aliphatic carbocycles. The van der Waals surface area contributed by atoms with Gasteiger partial charge in [-0.25, -0.2) is 4.39 Å². The van der Waals surface area contributed by atoms with Gasteiger partial charge in [-0.2, -0.15) is 0 Å². The molecule has 0 saturated heterocycles. The number of nitrogens with two attached hydrogens (primary N) is 1. The minimum Gasteiger partial charge on any atom is -0.366 e. The first-order chi connectivity index (χ1) is 12.3. The van der Waals surface area contributed by atoms with Crippen LogP contribution in [0.3, 0.4) is 0 Å². The number of fused-ring (bicyclic) bond motifs is 1. The Kier molecular flexibility index (Phi) is 12.4. The van der Waals surface area contributed by atoms with Gasteiger partial charge in [-0.3, -0.25) is 9.59 Å². The Morgan fingerprint density at radius 2 is 1.86 bits per heavy atom. The molecule has 3 rings (SSSR count). The summed E-state index contributed by atoms with van der Waals surface area (Å²) in [7, 11) is 0. The summed E-state index contributed by atoms with van der Waals surface area (Å²) in [4.78, 5) is 25.1. The maximum Gasteiger partial charge on any atom is 1.00 e. The van der Waals surface area contributed by atoms with E-state index in [9.17, 15) is 14.0 Å². The van der Waals surface area contributed by atoms with Gasteiger partial charge in [0.05, 0.1) is 11.1 Å². The first-order valence-electron chi connectivity index (χ1n) is 8.65. The largest absolute Gasteiger partial charge is 1.00 e. The summed E-state index contributed by atoms with van der Waals surface area (Å²) in [6, 6.07) is 2.95. The number of nitrogens with one attached hydrogen (secondary N) is 2. The van der Waals surface area contributed by atoms with Gasteiger partial charge >= 0.3 is 68.9 Å². The van der Waals surface area contributed by atoms with Gasteiger partial charge in [0.15, 0.2) is 0 Å². The minimum absolute atomic E-state index is 0. The van der Waals surface area contributed by atoms with Crippen LogP contribution in [-0.4, -0.2) is 22.8 Å². The van der Waals surface area contributed by atoms with E-state index in [4.69, 9.17) is 5.73 Å². The zero-order valence-electron chi connectivity index (χ0n) is 17.3. The number of carbonyl (C=O) groups excluding carboxylic acids is 2. The number of aromatic amines is 1. The van der Waals surface area contributed by atoms with Gasteiger partial charge in [-0.1, -0.05) is 18.8 Å². The van der Waals surface area contributed by atoms with Crippen LogP contribution in [0.15, 0.2) is 12.1 Å². The molecule has 4 N–H and O–H groups in total. The summed E-state index contributed by atoms with van der Waals surface area (Å²) in [5.74, 6) is 3.86. The number of halogens is 1. The molecule has 2 amide bonds. The van der Waals surface area contributed by atoms with E-state index in [1.165, 1.54) is 18.9 Å². The van der Waals surface area contributed by atoms with E-state index in [2.05, 4.69) is 22.1 Å². The minimum atomic E-state index is -0.624. The second kappa shape index (κ2) is 12.7. The van der Waals surface area contributed by atoms with E-state index in [1.54, 1.807) is 6.92 Å². The Labute approximate surface area is 225 Å². The molecule has 0 unspecified atom stereocenters. The fourth-order valence-corrected chi connectivity index (χ4v) is 3.12. The molecule has 1 saturated carbocycles. The summed E-state index contributed by atoms with van der Waals surface area (Å²) in [5.41, 5.74) is 7.84. The molecule has 1 aromatic carbocycles. The van der Waals surface area contributed by atoms with Crippen molar-refractivity contribution >= 4 is 22.7 Å². The van der Waals surface area contributed by atoms with Crippen LogP contribution in [0, 0.1) is 38.9 Å². The van der Waals surface area contributed by atoms with Crippen molar-refractivity contribution in [1.29, 1.82) is 0 Å². The van der Waals surface area contributed by atoms with Crippen molar-refractivity contribution in [3.8, 4) is 11.8 Å². The molecule has 28 heavy (non-hydrogen) atoms. The van der Waals surface area contributed by atoms with E-state index in [0.717, 1.165) is 30.2 Å². The Morgan fingerprint density at radius 3 is 2.39 bits per heavy atom. The molecule has 0 atom stereocenters. The first kappa shape index (κ1) is 27.2. The standard InChI is InChI=1S/C11H11FN2O.C9H13NO.CH3.Cs/c1-5-6(2)14-10-8(5)3-7(12)4-9(10)11(13)15;1-2-5-9(11)10-8-6-3-4-7-8;;/h3-4,14H,1-2H3,(H2,13,15);8H,3-4,6-7H2,1H3,(H,10,11);1H3;/q;;-1;+1. The van der Waals surface area contributed by atoms with Crippen LogP contribution in [0.2, 0.25) is 0 Å². The van der Waals surface area contributed by atoms with Gasteiger partial charge in [-0.15, -0.1) is 0 Å². The number of primary amides is 1. The number of carbonyl (C=O) groups is 2. The van der Waals surface area contributed by atoms with Crippen LogP contribution >= 0.6 is 0 Å². The average molecular weight is 505 g/mol. The molecule has 1 heterocycles. The maximum absolute atomic E-state index is 13.2. The smallest absolute Gasteiger partial charge is 0.366 e. The van der Waals surface area contributed by atoms with Crippen molar-refractivity contribution < 1.29 is 82.9 Å². The second-order valence-electron chi connectivity index (χ2n) is 6.45. The summed E-state index contributed by atoms with van der Waals surface area (Å²) in [6.07, 6.45) is 4.73. The molecule has 1 aliphatic rings. The molecule has 0 aliphatic heterocycles. The molecular formula is C21H27CsFN3O2. The maximum atomic E-state index is 13.2. The number of hydrogen-bond donors (Lipinski definition) is 3. The zero-order valence-corrected chi connectivity index (χ0v) is 23.6. The van der Waals surface area contributed by atoms with E-state index < -0.39 is 11.7 Å². The van der Waals surface area contributed by atoms with Crippen molar-refractivity contribution in [3.05, 3.63) is 42.2 Å². The van der Waals surface area contributed by atoms with E-state index in [0.29, 0.717) is 16.9 Å². The van der Waals surface area contributed by atoms with E-state index in [1.807, 2.05) is 13.8 Å². The van der Waals surface area contributed by atoms with Gasteiger partial charge < -0.3 is 23.5 Å². The summed E-state index contributed by atoms with van der Waals surface area (Å²) < 4.78 is 13.2. The molecule has 0 spiro atoms. The monoisotopic (exact) mass is 505 g/mol. The normalized spacial score (nSPS) is 12.6. The number of aryl methyl sites for hydroxylation is 2. The van der Waals surface area contributed by atoms with Crippen molar-refractivity contribution in [2.45, 2.75) is 52.5 Å². The van der Waals surface area contributed by atoms with Crippen LogP contribution in [-0.2, 0) is 4.79 Å². The molecule has 1 fully saturated rings. The molecule has 2 aromatic rings. The summed E-state index contributed by atoms with van der Waals surface area (Å²) in [6.45, 7) is 5.42. The Bertz CT molecular complexity index is 890. The third-order valence-electron chi connectivity index (χ3n) is 4.58. The quantitative estimate of drug-likeness (QED) is 0.411. The number of rotatable bonds is 2. The number of amides is 2. The SMILES string of the molecule is CC#CC(=O)NC1CCCC1.Cc1[nH]c2c(C(N)=O)cc(F)cc2c1C.[CH3-].[Cs+]. The number of hydrogen-bond acceptors (Lipinski definition) is 2. The van der Waals surface area contributed by atoms with Crippen LogP contribution in [0.1, 0.15) is 54.2 Å². The second-order valence-corrected chi connectivity index (χ2v) is 6.45. The third kappa shape index (κ3) is 7.25. The van der Waals surface area contributed by atoms with Gasteiger partial charge in [-0.05, 0) is 57.2 Å². The fraction of sp³-hybridized carbons (Fsp3) is 0.381. The predicted molar refractivity (Wildman–Crippen MR) is 107 cm³/mol. The summed E-state index contributed by atoms with van der Waals surface area (Å²) in [5, 5.41) is 3.58. The number of aromatic nitrogens is 1. The predicted octanol–water partition coefficient (Wildman–Crippen LogP) is 0.546. The molecule has 7 heteroatoms. The van der Waals surface area contributed by atoms with Crippen molar-refractivity contribution in [2.75, 3.05) is 0 Å². The molecular weight excluding hydrogens is 478 g/mol. The molecule has 5 nitrogen and oxygen atoms in total. The number of H-pyrrole nitrogens is 1. The van der Waals surface area contributed by atoms with Crippen LogP contribution in [0.4, 0.5) is 4.39 Å². The van der Waals surface area contributed by atoms with Crippen LogP contribution in [0.5, 0.6) is 0 Å².